The number of β-amino-alcohol motifs (C(OH)–C–C–N with tert-alkyl or cyclic N) is 1. The zero-order valence-electron chi connectivity index (χ0n) is 13.6. The molecule has 1 aromatic carbocycles. The van der Waals surface area contributed by atoms with Gasteiger partial charge in [-0.05, 0) is 24.3 Å². The second-order valence-corrected chi connectivity index (χ2v) is 5.68. The summed E-state index contributed by atoms with van der Waals surface area (Å²) in [6.07, 6.45) is 1.32. The number of carbonyl (C=O) groups excluding carboxylic acids is 1. The summed E-state index contributed by atoms with van der Waals surface area (Å²) in [7, 11) is 1.54. The second kappa shape index (κ2) is 6.76. The molecule has 0 atom stereocenters. The number of aliphatic hydroxyl groups is 1. The summed E-state index contributed by atoms with van der Waals surface area (Å²) in [5, 5.41) is 15.4. The number of benzene rings is 1. The van der Waals surface area contributed by atoms with E-state index in [9.17, 15) is 9.90 Å². The van der Waals surface area contributed by atoms with E-state index in [4.69, 9.17) is 4.74 Å². The molecule has 0 radical (unpaired) electrons. The van der Waals surface area contributed by atoms with Crippen molar-refractivity contribution in [1.29, 1.82) is 0 Å². The Bertz CT molecular complexity index is 727. The van der Waals surface area contributed by atoms with Crippen molar-refractivity contribution >= 4 is 28.7 Å². The van der Waals surface area contributed by atoms with Crippen LogP contribution in [0.25, 0.3) is 0 Å². The Hall–Kier alpha value is -2.80. The van der Waals surface area contributed by atoms with Crippen molar-refractivity contribution in [3.05, 3.63) is 36.5 Å². The summed E-state index contributed by atoms with van der Waals surface area (Å²) < 4.78 is 5.14. The molecule has 3 rings (SSSR count). The highest BCUT2D eigenvalue weighted by Gasteiger charge is 2.24. The maximum Gasteiger partial charge on any atom is 0.221 e. The third-order valence-electron chi connectivity index (χ3n) is 3.77. The fourth-order valence-electron chi connectivity index (χ4n) is 2.52. The average Bonchev–Trinajstić information content (AvgIpc) is 2.54. The number of aliphatic hydroxyl groups excluding tert-OH is 1. The average molecular weight is 328 g/mol. The Labute approximate surface area is 140 Å². The van der Waals surface area contributed by atoms with Crippen molar-refractivity contribution in [3.63, 3.8) is 0 Å². The van der Waals surface area contributed by atoms with Crippen LogP contribution in [0.1, 0.15) is 6.92 Å². The van der Waals surface area contributed by atoms with Crippen LogP contribution in [-0.4, -0.2) is 42.3 Å². The van der Waals surface area contributed by atoms with Gasteiger partial charge in [0, 0.05) is 37.5 Å². The van der Waals surface area contributed by atoms with E-state index in [0.29, 0.717) is 30.3 Å². The molecule has 1 fully saturated rings. The van der Waals surface area contributed by atoms with Crippen LogP contribution in [0.2, 0.25) is 0 Å². The molecule has 0 aliphatic carbocycles. The molecule has 0 saturated carbocycles. The van der Waals surface area contributed by atoms with Gasteiger partial charge in [-0.15, -0.1) is 0 Å². The summed E-state index contributed by atoms with van der Waals surface area (Å²) in [5.41, 5.74) is 3.22. The van der Waals surface area contributed by atoms with Gasteiger partial charge in [0.15, 0.2) is 0 Å². The Morgan fingerprint density at radius 1 is 1.29 bits per heavy atom. The molecule has 3 N–H and O–H groups in total. The van der Waals surface area contributed by atoms with Crippen LogP contribution >= 0.6 is 0 Å². The number of nitrogens with zero attached hydrogens (tertiary/aromatic N) is 2. The molecular weight excluding hydrogens is 308 g/mol. The predicted octanol–water partition coefficient (Wildman–Crippen LogP) is 1.97. The van der Waals surface area contributed by atoms with Crippen molar-refractivity contribution in [2.75, 3.05) is 35.7 Å². The topological polar surface area (TPSA) is 86.7 Å². The van der Waals surface area contributed by atoms with Gasteiger partial charge in [-0.3, -0.25) is 4.79 Å². The maximum atomic E-state index is 11.3. The predicted molar refractivity (Wildman–Crippen MR) is 93.0 cm³/mol. The fraction of sp³-hybridized carbons (Fsp3) is 0.294. The molecular formula is C17H20N4O3. The lowest BCUT2D eigenvalue weighted by Crippen LogP contribution is -2.50. The van der Waals surface area contributed by atoms with E-state index in [1.54, 1.807) is 19.4 Å². The number of nitrogens with one attached hydrogen (secondary N) is 2. The van der Waals surface area contributed by atoms with Crippen molar-refractivity contribution < 1.29 is 14.6 Å². The first-order valence-electron chi connectivity index (χ1n) is 7.67. The molecule has 0 unspecified atom stereocenters. The molecule has 0 bridgehead atoms. The number of methoxy groups -OCH3 is 1. The largest absolute Gasteiger partial charge is 0.481 e. The first kappa shape index (κ1) is 16.1. The van der Waals surface area contributed by atoms with Crippen LogP contribution in [0.15, 0.2) is 36.5 Å². The first-order chi connectivity index (χ1) is 11.5. The monoisotopic (exact) mass is 328 g/mol. The van der Waals surface area contributed by atoms with Crippen LogP contribution in [0.4, 0.5) is 22.7 Å². The molecule has 1 aliphatic heterocycles. The molecule has 1 aromatic heterocycles. The van der Waals surface area contributed by atoms with E-state index in [1.165, 1.54) is 6.92 Å². The van der Waals surface area contributed by atoms with Gasteiger partial charge in [0.25, 0.3) is 0 Å². The zero-order valence-corrected chi connectivity index (χ0v) is 13.6. The summed E-state index contributed by atoms with van der Waals surface area (Å²) in [6.45, 7) is 2.78. The Morgan fingerprint density at radius 2 is 2.00 bits per heavy atom. The lowest BCUT2D eigenvalue weighted by atomic mass is 10.1. The highest BCUT2D eigenvalue weighted by molar-refractivity contribution is 5.93. The molecule has 0 spiro atoms. The van der Waals surface area contributed by atoms with Crippen LogP contribution in [0.3, 0.4) is 0 Å². The number of hydrogen-bond acceptors (Lipinski definition) is 6. The van der Waals surface area contributed by atoms with Crippen LogP contribution < -0.4 is 20.3 Å². The van der Waals surface area contributed by atoms with Crippen molar-refractivity contribution in [3.8, 4) is 5.88 Å². The molecule has 1 amide bonds. The highest BCUT2D eigenvalue weighted by Crippen LogP contribution is 2.29. The van der Waals surface area contributed by atoms with E-state index < -0.39 is 0 Å². The Balaban J connectivity index is 1.77. The third-order valence-corrected chi connectivity index (χ3v) is 3.77. The van der Waals surface area contributed by atoms with Crippen molar-refractivity contribution in [1.82, 2.24) is 4.98 Å². The van der Waals surface area contributed by atoms with Gasteiger partial charge < -0.3 is 25.4 Å². The number of carbonyl (C=O) groups is 1. The number of hydrogen-bond donors (Lipinski definition) is 3. The number of ether oxygens (including phenoxy) is 1. The zero-order chi connectivity index (χ0) is 17.1. The molecule has 7 nitrogen and oxygen atoms in total. The number of rotatable bonds is 5. The van der Waals surface area contributed by atoms with Gasteiger partial charge in [0.1, 0.15) is 0 Å². The third kappa shape index (κ3) is 3.57. The minimum absolute atomic E-state index is 0.170. The van der Waals surface area contributed by atoms with Gasteiger partial charge in [0.05, 0.1) is 30.8 Å². The summed E-state index contributed by atoms with van der Waals surface area (Å²) in [5.74, 6) is 0.287. The fourth-order valence-corrected chi connectivity index (χ4v) is 2.52. The number of anilines is 4. The first-order valence-corrected chi connectivity index (χ1v) is 7.67. The summed E-state index contributed by atoms with van der Waals surface area (Å²) >= 11 is 0. The van der Waals surface area contributed by atoms with Gasteiger partial charge in [0.2, 0.25) is 11.8 Å². The lowest BCUT2D eigenvalue weighted by Gasteiger charge is -2.37. The van der Waals surface area contributed by atoms with E-state index in [1.807, 2.05) is 24.3 Å². The Morgan fingerprint density at radius 3 is 2.58 bits per heavy atom. The standard InChI is InChI=1S/C17H20N4O3/c1-11(22)19-16-8-18-17(24-2)7-15(16)20-12-3-5-13(6-4-12)21-9-14(23)10-21/h3-8,14,23H,9-10H2,1-2H3,(H,18,20)(H,19,22). The normalized spacial score (nSPS) is 14.0. The Kier molecular flexibility index (Phi) is 4.52. The maximum absolute atomic E-state index is 11.3. The van der Waals surface area contributed by atoms with E-state index in [0.717, 1.165) is 11.4 Å². The molecule has 7 heteroatoms. The molecule has 1 aliphatic rings. The van der Waals surface area contributed by atoms with Gasteiger partial charge in [-0.2, -0.15) is 0 Å². The van der Waals surface area contributed by atoms with Gasteiger partial charge in [-0.1, -0.05) is 0 Å². The van der Waals surface area contributed by atoms with Crippen molar-refractivity contribution in [2.24, 2.45) is 0 Å². The lowest BCUT2D eigenvalue weighted by molar-refractivity contribution is -0.114. The second-order valence-electron chi connectivity index (χ2n) is 5.68. The van der Waals surface area contributed by atoms with E-state index in [2.05, 4.69) is 20.5 Å². The van der Waals surface area contributed by atoms with Crippen LogP contribution in [-0.2, 0) is 4.79 Å². The van der Waals surface area contributed by atoms with Crippen LogP contribution in [0, 0.1) is 0 Å². The number of pyridine rings is 1. The van der Waals surface area contributed by atoms with Gasteiger partial charge in [-0.25, -0.2) is 4.98 Å². The SMILES string of the molecule is COc1cc(Nc2ccc(N3CC(O)C3)cc2)c(NC(C)=O)cn1. The summed E-state index contributed by atoms with van der Waals surface area (Å²) in [4.78, 5) is 17.5. The molecule has 24 heavy (non-hydrogen) atoms. The van der Waals surface area contributed by atoms with E-state index in [-0.39, 0.29) is 12.0 Å². The van der Waals surface area contributed by atoms with Gasteiger partial charge >= 0.3 is 0 Å². The quantitative estimate of drug-likeness (QED) is 0.778. The van der Waals surface area contributed by atoms with E-state index >= 15 is 0 Å². The van der Waals surface area contributed by atoms with Crippen LogP contribution in [0.5, 0.6) is 5.88 Å². The number of amides is 1. The molecule has 2 aromatic rings. The highest BCUT2D eigenvalue weighted by atomic mass is 16.5. The molecule has 1 saturated heterocycles. The summed E-state index contributed by atoms with van der Waals surface area (Å²) in [6, 6.07) is 9.61. The minimum atomic E-state index is -0.229. The number of aromatic nitrogens is 1. The molecule has 126 valence electrons. The van der Waals surface area contributed by atoms with Crippen molar-refractivity contribution in [2.45, 2.75) is 13.0 Å². The minimum Gasteiger partial charge on any atom is -0.481 e. The smallest absolute Gasteiger partial charge is 0.221 e. The molecule has 2 heterocycles.